The lowest BCUT2D eigenvalue weighted by atomic mass is 10.3. The van der Waals surface area contributed by atoms with E-state index in [4.69, 9.17) is 9.47 Å². The van der Waals surface area contributed by atoms with Crippen LogP contribution in [0.2, 0.25) is 0 Å². The average molecular weight is 406 g/mol. The van der Waals surface area contributed by atoms with Crippen molar-refractivity contribution in [1.29, 1.82) is 0 Å². The summed E-state index contributed by atoms with van der Waals surface area (Å²) < 4.78 is 23.7. The summed E-state index contributed by atoms with van der Waals surface area (Å²) in [7, 11) is 1.60. The molecule has 0 amide bonds. The van der Waals surface area contributed by atoms with Gasteiger partial charge in [-0.2, -0.15) is 4.98 Å². The number of hydrogen-bond acceptors (Lipinski definition) is 5. The number of aromatic nitrogens is 3. The molecule has 0 aliphatic carbocycles. The molecule has 1 atom stereocenters. The second-order valence-electron chi connectivity index (χ2n) is 5.81. The van der Waals surface area contributed by atoms with E-state index in [1.165, 1.54) is 0 Å². The van der Waals surface area contributed by atoms with Gasteiger partial charge in [0.25, 0.3) is 0 Å². The number of nitrogens with zero attached hydrogens (tertiary/aromatic N) is 2. The fourth-order valence-electron chi connectivity index (χ4n) is 2.62. The molecule has 4 aromatic rings. The summed E-state index contributed by atoms with van der Waals surface area (Å²) in [5.74, 6) is 2.33. The Bertz CT molecular complexity index is 1060. The number of fused-ring (bicyclic) bond motifs is 1. The third-order valence-electron chi connectivity index (χ3n) is 3.93. The Morgan fingerprint density at radius 3 is 2.61 bits per heavy atom. The van der Waals surface area contributed by atoms with Crippen LogP contribution < -0.4 is 9.47 Å². The Kier molecular flexibility index (Phi) is 6.79. The van der Waals surface area contributed by atoms with Crippen LogP contribution in [-0.2, 0) is 16.9 Å². The van der Waals surface area contributed by atoms with Gasteiger partial charge in [-0.25, -0.2) is 0 Å². The molecular formula is C20H19MgN3O3S. The molecule has 28 heavy (non-hydrogen) atoms. The zero-order chi connectivity index (χ0) is 18.6. The molecule has 0 aliphatic rings. The van der Waals surface area contributed by atoms with Crippen molar-refractivity contribution in [3.8, 4) is 17.2 Å². The summed E-state index contributed by atoms with van der Waals surface area (Å²) in [6, 6.07) is 18.5. The molecule has 0 saturated carbocycles. The molecule has 0 fully saturated rings. The van der Waals surface area contributed by atoms with Crippen molar-refractivity contribution in [3.63, 3.8) is 0 Å². The average Bonchev–Trinajstić information content (AvgIpc) is 3.12. The van der Waals surface area contributed by atoms with Gasteiger partial charge < -0.3 is 14.0 Å². The summed E-state index contributed by atoms with van der Waals surface area (Å²) >= 11 is -1.36. The quantitative estimate of drug-likeness (QED) is 0.393. The van der Waals surface area contributed by atoms with Gasteiger partial charge in [-0.05, 0) is 30.3 Å². The van der Waals surface area contributed by atoms with E-state index in [1.54, 1.807) is 31.5 Å². The van der Waals surface area contributed by atoms with Gasteiger partial charge in [0.1, 0.15) is 17.2 Å². The number of methoxy groups -OCH3 is 1. The molecular weight excluding hydrogens is 387 g/mol. The van der Waals surface area contributed by atoms with Crippen LogP contribution in [0, 0.1) is 0 Å². The fraction of sp³-hybridized carbons (Fsp3) is 0.100. The topological polar surface area (TPSA) is 83.1 Å². The number of rotatable bonds is 6. The number of aromatic amines is 1. The van der Waals surface area contributed by atoms with Crippen LogP contribution in [-0.4, -0.2) is 49.7 Å². The van der Waals surface area contributed by atoms with Crippen LogP contribution >= 0.6 is 0 Å². The number of benzene rings is 2. The van der Waals surface area contributed by atoms with Crippen LogP contribution in [0.3, 0.4) is 0 Å². The van der Waals surface area contributed by atoms with Crippen molar-refractivity contribution < 1.29 is 14.0 Å². The Balaban J connectivity index is 0.00000225. The van der Waals surface area contributed by atoms with Crippen LogP contribution in [0.25, 0.3) is 11.0 Å². The Hall–Kier alpha value is -2.26. The van der Waals surface area contributed by atoms with E-state index in [-0.39, 0.29) is 28.8 Å². The lowest BCUT2D eigenvalue weighted by molar-refractivity contribution is 0.415. The standard InChI is InChI=1S/C20H17N3O3S.Mg.2H/c1-25-16-7-8-18-19(12-16)23-20(22-18)27(24)13-14-11-17(9-10-21-14)26-15-5-3-2-4-6-15;;;/h2-12H,13H2,1H3,(H,22,23);;;. The SMILES string of the molecule is COc1ccc2[nH]c([S+]([O-])Cc3cc(Oc4ccccc4)ccn3)nc2c1.[MgH2]. The van der Waals surface area contributed by atoms with Crippen LogP contribution in [0.5, 0.6) is 17.2 Å². The number of hydrogen-bond donors (Lipinski definition) is 1. The molecule has 8 heteroatoms. The number of para-hydroxylation sites is 1. The minimum absolute atomic E-state index is 0. The molecule has 0 aliphatic heterocycles. The molecule has 0 radical (unpaired) electrons. The first-order valence-corrected chi connectivity index (χ1v) is 9.63. The summed E-state index contributed by atoms with van der Waals surface area (Å²) in [4.78, 5) is 11.8. The number of imidazole rings is 1. The molecule has 1 unspecified atom stereocenters. The first-order chi connectivity index (χ1) is 13.2. The maximum atomic E-state index is 12.7. The van der Waals surface area contributed by atoms with Crippen molar-refractivity contribution in [1.82, 2.24) is 15.0 Å². The molecule has 0 spiro atoms. The number of pyridine rings is 1. The first kappa shape index (κ1) is 20.5. The molecule has 0 saturated heterocycles. The normalized spacial score (nSPS) is 11.6. The Morgan fingerprint density at radius 1 is 1.00 bits per heavy atom. The second-order valence-corrected chi connectivity index (χ2v) is 7.18. The minimum atomic E-state index is -1.36. The van der Waals surface area contributed by atoms with E-state index in [1.807, 2.05) is 42.5 Å². The highest BCUT2D eigenvalue weighted by atomic mass is 32.2. The summed E-state index contributed by atoms with van der Waals surface area (Å²) in [5, 5.41) is 0.412. The van der Waals surface area contributed by atoms with Crippen molar-refractivity contribution in [2.24, 2.45) is 0 Å². The van der Waals surface area contributed by atoms with Gasteiger partial charge >= 0.3 is 28.2 Å². The monoisotopic (exact) mass is 405 g/mol. The molecule has 0 bridgehead atoms. The van der Waals surface area contributed by atoms with Gasteiger partial charge in [-0.1, -0.05) is 18.2 Å². The molecule has 140 valence electrons. The van der Waals surface area contributed by atoms with Gasteiger partial charge in [-0.3, -0.25) is 9.97 Å². The second kappa shape index (κ2) is 9.29. The summed E-state index contributed by atoms with van der Waals surface area (Å²) in [6.07, 6.45) is 1.65. The van der Waals surface area contributed by atoms with Gasteiger partial charge in [0.15, 0.2) is 5.75 Å². The molecule has 2 heterocycles. The molecule has 2 aromatic carbocycles. The minimum Gasteiger partial charge on any atom is -0.609 e. The maximum Gasteiger partial charge on any atom is 0.322 e. The highest BCUT2D eigenvalue weighted by Gasteiger charge is 2.18. The zero-order valence-electron chi connectivity index (χ0n) is 14.6. The van der Waals surface area contributed by atoms with Crippen molar-refractivity contribution >= 4 is 45.3 Å². The highest BCUT2D eigenvalue weighted by Crippen LogP contribution is 2.24. The van der Waals surface area contributed by atoms with Crippen LogP contribution in [0.15, 0.2) is 72.0 Å². The molecule has 1 N–H and O–H groups in total. The molecule has 2 aromatic heterocycles. The van der Waals surface area contributed by atoms with Gasteiger partial charge in [0.05, 0.1) is 23.8 Å². The summed E-state index contributed by atoms with van der Waals surface area (Å²) in [6.45, 7) is 0. The summed E-state index contributed by atoms with van der Waals surface area (Å²) in [5.41, 5.74) is 2.19. The largest absolute Gasteiger partial charge is 0.609 e. The third kappa shape index (κ3) is 4.77. The van der Waals surface area contributed by atoms with Gasteiger partial charge in [0, 0.05) is 29.5 Å². The zero-order valence-corrected chi connectivity index (χ0v) is 15.4. The van der Waals surface area contributed by atoms with Crippen LogP contribution in [0.4, 0.5) is 0 Å². The number of H-pyrrole nitrogens is 1. The molecule has 4 rings (SSSR count). The van der Waals surface area contributed by atoms with E-state index in [2.05, 4.69) is 15.0 Å². The van der Waals surface area contributed by atoms with E-state index >= 15 is 0 Å². The lowest BCUT2D eigenvalue weighted by Gasteiger charge is -2.09. The number of ether oxygens (including phenoxy) is 2. The van der Waals surface area contributed by atoms with E-state index < -0.39 is 11.2 Å². The van der Waals surface area contributed by atoms with Crippen molar-refractivity contribution in [2.75, 3.05) is 7.11 Å². The molecule has 6 nitrogen and oxygen atoms in total. The maximum absolute atomic E-state index is 12.7. The lowest BCUT2D eigenvalue weighted by Crippen LogP contribution is -2.08. The predicted molar refractivity (Wildman–Crippen MR) is 112 cm³/mol. The number of nitrogens with one attached hydrogen (secondary N) is 1. The van der Waals surface area contributed by atoms with Crippen LogP contribution in [0.1, 0.15) is 5.69 Å². The third-order valence-corrected chi connectivity index (χ3v) is 5.11. The Labute approximate surface area is 181 Å². The highest BCUT2D eigenvalue weighted by molar-refractivity contribution is 7.90. The first-order valence-electron chi connectivity index (χ1n) is 8.31. The van der Waals surface area contributed by atoms with Gasteiger partial charge in [-0.15, -0.1) is 0 Å². The smallest absolute Gasteiger partial charge is 0.322 e. The predicted octanol–water partition coefficient (Wildman–Crippen LogP) is 3.15. The van der Waals surface area contributed by atoms with Gasteiger partial charge in [0.2, 0.25) is 0 Å². The van der Waals surface area contributed by atoms with Crippen molar-refractivity contribution in [3.05, 3.63) is 72.6 Å². The van der Waals surface area contributed by atoms with E-state index in [9.17, 15) is 4.55 Å². The van der Waals surface area contributed by atoms with Crippen molar-refractivity contribution in [2.45, 2.75) is 10.9 Å². The van der Waals surface area contributed by atoms with E-state index in [0.717, 1.165) is 11.3 Å². The Morgan fingerprint density at radius 2 is 1.82 bits per heavy atom. The fourth-order valence-corrected chi connectivity index (χ4v) is 3.61. The van der Waals surface area contributed by atoms with E-state index in [0.29, 0.717) is 27.9 Å².